The lowest BCUT2D eigenvalue weighted by Crippen LogP contribution is -2.12. The summed E-state index contributed by atoms with van der Waals surface area (Å²) in [7, 11) is 3.59. The number of rotatable bonds is 5. The van der Waals surface area contributed by atoms with E-state index in [0.717, 1.165) is 11.4 Å². The molecule has 0 N–H and O–H groups in total. The Morgan fingerprint density at radius 2 is 2.07 bits per heavy atom. The quantitative estimate of drug-likeness (QED) is 0.491. The van der Waals surface area contributed by atoms with Crippen LogP contribution in [-0.4, -0.2) is 19.1 Å². The molecule has 0 saturated heterocycles. The first-order valence-corrected chi connectivity index (χ1v) is 4.55. The highest BCUT2D eigenvalue weighted by molar-refractivity contribution is 5.20. The average molecular weight is 193 g/mol. The predicted octanol–water partition coefficient (Wildman–Crippen LogP) is 3.07. The third-order valence-electron chi connectivity index (χ3n) is 1.89. The van der Waals surface area contributed by atoms with Gasteiger partial charge >= 0.3 is 0 Å². The number of ether oxygens (including phenoxy) is 1. The number of likely N-dealkylation sites (N-methyl/N-ethyl adjacent to an activating group) is 1. The molecule has 0 aromatic carbocycles. The van der Waals surface area contributed by atoms with Crippen molar-refractivity contribution in [2.45, 2.75) is 13.8 Å². The van der Waals surface area contributed by atoms with Gasteiger partial charge in [0, 0.05) is 18.4 Å². The number of nitrogens with zero attached hydrogens (tertiary/aromatic N) is 1. The molecule has 2 nitrogen and oxygen atoms in total. The minimum Gasteiger partial charge on any atom is -0.504 e. The third-order valence-corrected chi connectivity index (χ3v) is 1.89. The van der Waals surface area contributed by atoms with Crippen LogP contribution in [-0.2, 0) is 4.74 Å². The molecular formula is C12H19NO. The smallest absolute Gasteiger partial charge is 0.0845 e. The summed E-state index contributed by atoms with van der Waals surface area (Å²) in [5.41, 5.74) is 2.03. The number of allylic oxidation sites excluding steroid dienone is 5. The third kappa shape index (κ3) is 4.55. The molecule has 0 heterocycles. The molecule has 0 aliphatic heterocycles. The van der Waals surface area contributed by atoms with Crippen LogP contribution in [0.3, 0.4) is 0 Å². The second-order valence-electron chi connectivity index (χ2n) is 2.92. The van der Waals surface area contributed by atoms with Crippen LogP contribution >= 0.6 is 0 Å². The number of methoxy groups -OCH3 is 1. The molecule has 14 heavy (non-hydrogen) atoms. The highest BCUT2D eigenvalue weighted by Crippen LogP contribution is 2.09. The zero-order valence-corrected chi connectivity index (χ0v) is 9.45. The van der Waals surface area contributed by atoms with Gasteiger partial charge in [-0.25, -0.2) is 0 Å². The lowest BCUT2D eigenvalue weighted by atomic mass is 10.3. The predicted molar refractivity (Wildman–Crippen MR) is 61.6 cm³/mol. The monoisotopic (exact) mass is 193 g/mol. The van der Waals surface area contributed by atoms with Crippen molar-refractivity contribution in [3.63, 3.8) is 0 Å². The van der Waals surface area contributed by atoms with Gasteiger partial charge in [-0.05, 0) is 26.0 Å². The Kier molecular flexibility index (Phi) is 6.29. The summed E-state index contributed by atoms with van der Waals surface area (Å²) in [6, 6.07) is 0. The fraction of sp³-hybridized carbons (Fsp3) is 0.333. The number of hydrogen-bond acceptors (Lipinski definition) is 2. The van der Waals surface area contributed by atoms with E-state index in [1.54, 1.807) is 13.4 Å². The van der Waals surface area contributed by atoms with Crippen LogP contribution in [0.15, 0.2) is 48.5 Å². The zero-order chi connectivity index (χ0) is 11.0. The van der Waals surface area contributed by atoms with Crippen LogP contribution in [0.1, 0.15) is 13.8 Å². The standard InChI is InChI=1S/C12H19NO/c1-6-7-8-11(2)13(4)12(3)9-10-14-5/h6-10H,3H2,1-2,4-5H3/b7-6-,10-9-,11-8+. The van der Waals surface area contributed by atoms with E-state index in [0.29, 0.717) is 0 Å². The molecule has 0 aromatic rings. The Morgan fingerprint density at radius 3 is 2.57 bits per heavy atom. The summed E-state index contributed by atoms with van der Waals surface area (Å²) >= 11 is 0. The molecule has 0 aliphatic carbocycles. The van der Waals surface area contributed by atoms with Gasteiger partial charge in [-0.15, -0.1) is 0 Å². The highest BCUT2D eigenvalue weighted by atomic mass is 16.5. The first-order valence-electron chi connectivity index (χ1n) is 4.55. The second kappa shape index (κ2) is 7.01. The van der Waals surface area contributed by atoms with Gasteiger partial charge in [-0.2, -0.15) is 0 Å². The lowest BCUT2D eigenvalue weighted by molar-refractivity contribution is 0.336. The van der Waals surface area contributed by atoms with Crippen LogP contribution < -0.4 is 0 Å². The van der Waals surface area contributed by atoms with E-state index in [1.165, 1.54) is 0 Å². The molecule has 0 atom stereocenters. The summed E-state index contributed by atoms with van der Waals surface area (Å²) in [4.78, 5) is 2.00. The molecule has 0 saturated carbocycles. The molecule has 0 spiro atoms. The fourth-order valence-electron chi connectivity index (χ4n) is 0.832. The van der Waals surface area contributed by atoms with E-state index in [4.69, 9.17) is 4.74 Å². The zero-order valence-electron chi connectivity index (χ0n) is 9.45. The number of hydrogen-bond donors (Lipinski definition) is 0. The van der Waals surface area contributed by atoms with Crippen molar-refractivity contribution in [3.05, 3.63) is 48.5 Å². The van der Waals surface area contributed by atoms with Gasteiger partial charge in [-0.1, -0.05) is 18.7 Å². The van der Waals surface area contributed by atoms with Gasteiger partial charge in [0.2, 0.25) is 0 Å². The molecule has 0 fully saturated rings. The molecule has 0 radical (unpaired) electrons. The van der Waals surface area contributed by atoms with Crippen molar-refractivity contribution in [3.8, 4) is 0 Å². The normalized spacial score (nSPS) is 12.4. The van der Waals surface area contributed by atoms with Gasteiger partial charge in [0.05, 0.1) is 13.4 Å². The fourth-order valence-corrected chi connectivity index (χ4v) is 0.832. The van der Waals surface area contributed by atoms with E-state index in [2.05, 4.69) is 6.58 Å². The van der Waals surface area contributed by atoms with Gasteiger partial charge in [0.25, 0.3) is 0 Å². The minimum atomic E-state index is 0.894. The maximum atomic E-state index is 4.82. The summed E-state index contributed by atoms with van der Waals surface area (Å²) in [5, 5.41) is 0. The van der Waals surface area contributed by atoms with Crippen molar-refractivity contribution >= 4 is 0 Å². The average Bonchev–Trinajstić information content (AvgIpc) is 2.21. The Morgan fingerprint density at radius 1 is 1.43 bits per heavy atom. The molecule has 2 heteroatoms. The van der Waals surface area contributed by atoms with Gasteiger partial charge < -0.3 is 9.64 Å². The van der Waals surface area contributed by atoms with Crippen LogP contribution in [0.5, 0.6) is 0 Å². The Hall–Kier alpha value is -1.44. The molecule has 0 unspecified atom stereocenters. The molecule has 0 bridgehead atoms. The molecule has 0 rings (SSSR count). The SMILES string of the molecule is C=C(/C=C\OC)N(C)/C(C)=C/C=C\C. The van der Waals surface area contributed by atoms with E-state index in [9.17, 15) is 0 Å². The van der Waals surface area contributed by atoms with E-state index < -0.39 is 0 Å². The van der Waals surface area contributed by atoms with Crippen molar-refractivity contribution in [2.75, 3.05) is 14.2 Å². The van der Waals surface area contributed by atoms with Crippen molar-refractivity contribution in [2.24, 2.45) is 0 Å². The van der Waals surface area contributed by atoms with Crippen LogP contribution in [0.25, 0.3) is 0 Å². The van der Waals surface area contributed by atoms with E-state index >= 15 is 0 Å². The summed E-state index contributed by atoms with van der Waals surface area (Å²) in [6.07, 6.45) is 9.46. The molecule has 0 aliphatic rings. The molecule has 0 aromatic heterocycles. The highest BCUT2D eigenvalue weighted by Gasteiger charge is 1.98. The van der Waals surface area contributed by atoms with Crippen LogP contribution in [0.2, 0.25) is 0 Å². The maximum absolute atomic E-state index is 4.82. The maximum Gasteiger partial charge on any atom is 0.0845 e. The molecule has 0 amide bonds. The molecular weight excluding hydrogens is 174 g/mol. The summed E-state index contributed by atoms with van der Waals surface area (Å²) < 4.78 is 4.82. The van der Waals surface area contributed by atoms with Gasteiger partial charge in [0.15, 0.2) is 0 Å². The lowest BCUT2D eigenvalue weighted by Gasteiger charge is -2.19. The summed E-state index contributed by atoms with van der Waals surface area (Å²) in [6.45, 7) is 7.94. The molecule has 78 valence electrons. The topological polar surface area (TPSA) is 12.5 Å². The van der Waals surface area contributed by atoms with Crippen molar-refractivity contribution in [1.29, 1.82) is 0 Å². The Labute approximate surface area is 86.9 Å². The minimum absolute atomic E-state index is 0.894. The summed E-state index contributed by atoms with van der Waals surface area (Å²) in [5.74, 6) is 0. The van der Waals surface area contributed by atoms with Gasteiger partial charge in [0.1, 0.15) is 0 Å². The van der Waals surface area contributed by atoms with E-state index in [-0.39, 0.29) is 0 Å². The van der Waals surface area contributed by atoms with Gasteiger partial charge in [-0.3, -0.25) is 0 Å². The Bertz CT molecular complexity index is 261. The second-order valence-corrected chi connectivity index (χ2v) is 2.92. The largest absolute Gasteiger partial charge is 0.504 e. The first-order chi connectivity index (χ1) is 6.63. The van der Waals surface area contributed by atoms with E-state index in [1.807, 2.05) is 50.1 Å². The van der Waals surface area contributed by atoms with Crippen LogP contribution in [0.4, 0.5) is 0 Å². The van der Waals surface area contributed by atoms with Crippen molar-refractivity contribution < 1.29 is 4.74 Å². The first kappa shape index (κ1) is 12.6. The van der Waals surface area contributed by atoms with Crippen molar-refractivity contribution in [1.82, 2.24) is 4.90 Å². The Balaban J connectivity index is 4.38. The van der Waals surface area contributed by atoms with Crippen LogP contribution in [0, 0.1) is 0 Å².